The molecule has 1 aromatic carbocycles. The van der Waals surface area contributed by atoms with E-state index in [9.17, 15) is 13.2 Å². The van der Waals surface area contributed by atoms with E-state index in [2.05, 4.69) is 5.32 Å². The number of rotatable bonds is 4. The first-order chi connectivity index (χ1) is 8.66. The van der Waals surface area contributed by atoms with Gasteiger partial charge in [0.2, 0.25) is 0 Å². The van der Waals surface area contributed by atoms with Gasteiger partial charge in [0.25, 0.3) is 15.0 Å². The summed E-state index contributed by atoms with van der Waals surface area (Å²) < 4.78 is 22.9. The molecule has 0 spiro atoms. The lowest BCUT2D eigenvalue weighted by Gasteiger charge is -2.14. The maximum Gasteiger partial charge on any atom is 0.261 e. The van der Waals surface area contributed by atoms with Gasteiger partial charge >= 0.3 is 0 Å². The van der Waals surface area contributed by atoms with Crippen LogP contribution in [0.1, 0.15) is 41.8 Å². The third kappa shape index (κ3) is 3.94. The average molecular weight is 304 g/mol. The van der Waals surface area contributed by atoms with Crippen LogP contribution < -0.4 is 5.32 Å². The van der Waals surface area contributed by atoms with Crippen molar-refractivity contribution in [2.45, 2.75) is 45.1 Å². The van der Waals surface area contributed by atoms with Gasteiger partial charge in [-0.25, -0.2) is 8.42 Å². The molecule has 0 saturated heterocycles. The van der Waals surface area contributed by atoms with E-state index in [-0.39, 0.29) is 16.8 Å². The highest BCUT2D eigenvalue weighted by Crippen LogP contribution is 2.23. The van der Waals surface area contributed by atoms with Gasteiger partial charge in [0.1, 0.15) is 0 Å². The first-order valence-corrected chi connectivity index (χ1v) is 8.34. The van der Waals surface area contributed by atoms with Crippen molar-refractivity contribution in [1.82, 2.24) is 5.32 Å². The van der Waals surface area contributed by atoms with E-state index in [1.165, 1.54) is 6.07 Å². The highest BCUT2D eigenvalue weighted by Gasteiger charge is 2.19. The number of amides is 1. The summed E-state index contributed by atoms with van der Waals surface area (Å²) in [6.07, 6.45) is 0.803. The van der Waals surface area contributed by atoms with Gasteiger partial charge in [-0.05, 0) is 44.4 Å². The molecule has 1 aromatic rings. The van der Waals surface area contributed by atoms with E-state index in [1.807, 2.05) is 13.8 Å². The van der Waals surface area contributed by atoms with Crippen LogP contribution in [0, 0.1) is 13.8 Å². The summed E-state index contributed by atoms with van der Waals surface area (Å²) in [6, 6.07) is 3.02. The Morgan fingerprint density at radius 2 is 1.89 bits per heavy atom. The molecule has 1 N–H and O–H groups in total. The highest BCUT2D eigenvalue weighted by atomic mass is 35.7. The van der Waals surface area contributed by atoms with E-state index in [1.54, 1.807) is 19.9 Å². The van der Waals surface area contributed by atoms with Crippen molar-refractivity contribution in [2.24, 2.45) is 0 Å². The molecule has 0 aliphatic rings. The number of aryl methyl sites for hydroxylation is 2. The Bertz CT molecular complexity index is 596. The second-order valence-electron chi connectivity index (χ2n) is 4.65. The molecular weight excluding hydrogens is 286 g/mol. The minimum absolute atomic E-state index is 0.0194. The fraction of sp³-hybridized carbons (Fsp3) is 0.462. The summed E-state index contributed by atoms with van der Waals surface area (Å²) in [5.74, 6) is -0.284. The van der Waals surface area contributed by atoms with Crippen molar-refractivity contribution < 1.29 is 13.2 Å². The number of carbonyl (C=O) groups excluding carboxylic acids is 1. The minimum atomic E-state index is -3.85. The quantitative estimate of drug-likeness (QED) is 0.870. The number of hydrogen-bond acceptors (Lipinski definition) is 3. The van der Waals surface area contributed by atoms with Gasteiger partial charge in [-0.3, -0.25) is 4.79 Å². The zero-order chi connectivity index (χ0) is 14.8. The second kappa shape index (κ2) is 5.92. The summed E-state index contributed by atoms with van der Waals surface area (Å²) in [5.41, 5.74) is 1.60. The van der Waals surface area contributed by atoms with Crippen LogP contribution in [-0.4, -0.2) is 20.4 Å². The van der Waals surface area contributed by atoms with Crippen LogP contribution in [0.25, 0.3) is 0 Å². The summed E-state index contributed by atoms with van der Waals surface area (Å²) >= 11 is 0. The van der Waals surface area contributed by atoms with Crippen LogP contribution in [-0.2, 0) is 9.05 Å². The van der Waals surface area contributed by atoms with E-state index in [4.69, 9.17) is 10.7 Å². The molecule has 1 atom stereocenters. The predicted octanol–water partition coefficient (Wildman–Crippen LogP) is 2.76. The Morgan fingerprint density at radius 1 is 1.32 bits per heavy atom. The lowest BCUT2D eigenvalue weighted by Crippen LogP contribution is -2.32. The molecule has 0 radical (unpaired) electrons. The molecule has 1 amide bonds. The molecule has 1 rings (SSSR count). The number of carbonyl (C=O) groups is 1. The van der Waals surface area contributed by atoms with Crippen LogP contribution >= 0.6 is 10.7 Å². The van der Waals surface area contributed by atoms with Gasteiger partial charge in [-0.15, -0.1) is 0 Å². The van der Waals surface area contributed by atoms with E-state index in [0.29, 0.717) is 11.1 Å². The fourth-order valence-electron chi connectivity index (χ4n) is 1.74. The van der Waals surface area contributed by atoms with Crippen LogP contribution in [0.2, 0.25) is 0 Å². The summed E-state index contributed by atoms with van der Waals surface area (Å²) in [4.78, 5) is 12.1. The van der Waals surface area contributed by atoms with Gasteiger partial charge in [-0.1, -0.05) is 13.0 Å². The van der Waals surface area contributed by atoms with Gasteiger partial charge in [0, 0.05) is 22.3 Å². The number of nitrogens with one attached hydrogen (secondary N) is 1. The van der Waals surface area contributed by atoms with Crippen molar-refractivity contribution in [3.8, 4) is 0 Å². The standard InChI is InChI=1S/C13H18ClNO3S/c1-5-10(4)15-13(16)11-7-12(19(14,17)18)9(3)6-8(11)2/h6-7,10H,5H2,1-4H3,(H,15,16). The van der Waals surface area contributed by atoms with E-state index < -0.39 is 9.05 Å². The molecule has 19 heavy (non-hydrogen) atoms. The molecule has 0 saturated carbocycles. The molecular formula is C13H18ClNO3S. The Kier molecular flexibility index (Phi) is 4.98. The minimum Gasteiger partial charge on any atom is -0.350 e. The fourth-order valence-corrected chi connectivity index (χ4v) is 2.94. The molecule has 4 nitrogen and oxygen atoms in total. The molecule has 6 heteroatoms. The van der Waals surface area contributed by atoms with Gasteiger partial charge in [0.05, 0.1) is 4.90 Å². The smallest absolute Gasteiger partial charge is 0.261 e. The van der Waals surface area contributed by atoms with Gasteiger partial charge < -0.3 is 5.32 Å². The van der Waals surface area contributed by atoms with Crippen LogP contribution in [0.15, 0.2) is 17.0 Å². The molecule has 0 aliphatic heterocycles. The monoisotopic (exact) mass is 303 g/mol. The zero-order valence-electron chi connectivity index (χ0n) is 11.5. The van der Waals surface area contributed by atoms with Crippen molar-refractivity contribution in [1.29, 1.82) is 0 Å². The molecule has 0 aliphatic carbocycles. The second-order valence-corrected chi connectivity index (χ2v) is 7.19. The topological polar surface area (TPSA) is 63.2 Å². The van der Waals surface area contributed by atoms with Gasteiger partial charge in [-0.2, -0.15) is 0 Å². The Morgan fingerprint density at radius 3 is 2.37 bits per heavy atom. The first kappa shape index (κ1) is 16.0. The average Bonchev–Trinajstić information content (AvgIpc) is 2.26. The molecule has 0 bridgehead atoms. The lowest BCUT2D eigenvalue weighted by molar-refractivity contribution is 0.0938. The third-order valence-corrected chi connectivity index (χ3v) is 4.48. The maximum atomic E-state index is 12.1. The number of benzene rings is 1. The summed E-state index contributed by atoms with van der Waals surface area (Å²) in [5, 5.41) is 2.81. The largest absolute Gasteiger partial charge is 0.350 e. The molecule has 1 unspecified atom stereocenters. The summed E-state index contributed by atoms with van der Waals surface area (Å²) in [7, 11) is 1.52. The molecule has 0 fully saturated rings. The molecule has 106 valence electrons. The molecule has 0 aromatic heterocycles. The number of hydrogen-bond donors (Lipinski definition) is 1. The normalized spacial score (nSPS) is 13.1. The summed E-state index contributed by atoms with van der Waals surface area (Å²) in [6.45, 7) is 7.27. The van der Waals surface area contributed by atoms with Gasteiger partial charge in [0.15, 0.2) is 0 Å². The third-order valence-electron chi connectivity index (χ3n) is 3.02. The maximum absolute atomic E-state index is 12.1. The lowest BCUT2D eigenvalue weighted by atomic mass is 10.0. The van der Waals surface area contributed by atoms with Crippen molar-refractivity contribution >= 4 is 25.6 Å². The van der Waals surface area contributed by atoms with Crippen molar-refractivity contribution in [2.75, 3.05) is 0 Å². The predicted molar refractivity (Wildman–Crippen MR) is 76.2 cm³/mol. The SMILES string of the molecule is CCC(C)NC(=O)c1cc(S(=O)(=O)Cl)c(C)cc1C. The Hall–Kier alpha value is -1.07. The van der Waals surface area contributed by atoms with Crippen LogP contribution in [0.3, 0.4) is 0 Å². The highest BCUT2D eigenvalue weighted by molar-refractivity contribution is 8.13. The van der Waals surface area contributed by atoms with Crippen molar-refractivity contribution in [3.63, 3.8) is 0 Å². The van der Waals surface area contributed by atoms with E-state index in [0.717, 1.165) is 12.0 Å². The van der Waals surface area contributed by atoms with E-state index >= 15 is 0 Å². The van der Waals surface area contributed by atoms with Crippen LogP contribution in [0.5, 0.6) is 0 Å². The number of halogens is 1. The van der Waals surface area contributed by atoms with Crippen LogP contribution in [0.4, 0.5) is 0 Å². The zero-order valence-corrected chi connectivity index (χ0v) is 13.0. The first-order valence-electron chi connectivity index (χ1n) is 6.03. The Labute approximate surface area is 118 Å². The Balaban J connectivity index is 3.26. The molecule has 0 heterocycles. The van der Waals surface area contributed by atoms with Crippen molar-refractivity contribution in [3.05, 3.63) is 28.8 Å².